The molecule has 0 N–H and O–H groups in total. The monoisotopic (exact) mass is 247 g/mol. The number of thiol groups is 1. The summed E-state index contributed by atoms with van der Waals surface area (Å²) in [6, 6.07) is 0. The number of rotatable bonds is 6. The fourth-order valence-corrected chi connectivity index (χ4v) is 2.01. The van der Waals surface area contributed by atoms with Gasteiger partial charge in [-0.1, -0.05) is 12.2 Å². The van der Waals surface area contributed by atoms with Crippen LogP contribution in [0.1, 0.15) is 34.1 Å². The van der Waals surface area contributed by atoms with E-state index >= 15 is 0 Å². The molecule has 0 saturated carbocycles. The molecule has 0 aliphatic heterocycles. The molecule has 0 radical (unpaired) electrons. The molecule has 0 bridgehead atoms. The van der Waals surface area contributed by atoms with E-state index in [4.69, 9.17) is 12.2 Å². The maximum Gasteiger partial charge on any atom is 0.252 e. The first-order valence-corrected chi connectivity index (χ1v) is 6.53. The first-order chi connectivity index (χ1) is 7.10. The van der Waals surface area contributed by atoms with Gasteiger partial charge < -0.3 is 0 Å². The largest absolute Gasteiger partial charge is 0.266 e. The van der Waals surface area contributed by atoms with E-state index in [1.165, 1.54) is 5.84 Å². The molecule has 0 fully saturated rings. The summed E-state index contributed by atoms with van der Waals surface area (Å²) in [5, 5.41) is 0. The lowest BCUT2D eigenvalue weighted by Crippen LogP contribution is -2.39. The molecule has 88 valence electrons. The van der Waals surface area contributed by atoms with Crippen molar-refractivity contribution in [2.45, 2.75) is 34.1 Å². The number of hydrogen-bond donors (Lipinski definition) is 1. The summed E-state index contributed by atoms with van der Waals surface area (Å²) in [5.41, 5.74) is 0. The molecule has 0 amide bonds. The zero-order chi connectivity index (χ0) is 11.8. The topological polar surface area (TPSA) is 6.25 Å². The highest BCUT2D eigenvalue weighted by Crippen LogP contribution is 2.02. The Morgan fingerprint density at radius 1 is 1.13 bits per heavy atom. The number of amidine groups is 1. The van der Waals surface area contributed by atoms with Crippen LogP contribution in [-0.4, -0.2) is 45.7 Å². The van der Waals surface area contributed by atoms with Gasteiger partial charge in [-0.2, -0.15) is 0 Å². The summed E-state index contributed by atoms with van der Waals surface area (Å²) >= 11 is 9.33. The van der Waals surface area contributed by atoms with Crippen molar-refractivity contribution < 1.29 is 4.58 Å². The second kappa shape index (κ2) is 8.11. The average molecular weight is 247 g/mol. The zero-order valence-electron chi connectivity index (χ0n) is 10.3. The van der Waals surface area contributed by atoms with Crippen molar-refractivity contribution in [2.75, 3.05) is 26.2 Å². The lowest BCUT2D eigenvalue weighted by atomic mass is 10.3. The molecule has 0 atom stereocenters. The van der Waals surface area contributed by atoms with E-state index < -0.39 is 0 Å². The van der Waals surface area contributed by atoms with Gasteiger partial charge in [0.2, 0.25) is 0 Å². The molecule has 15 heavy (non-hydrogen) atoms. The van der Waals surface area contributed by atoms with E-state index in [2.05, 4.69) is 49.8 Å². The van der Waals surface area contributed by atoms with Crippen LogP contribution in [0.15, 0.2) is 0 Å². The summed E-state index contributed by atoms with van der Waals surface area (Å²) in [4.78, 5) is 2.36. The minimum atomic E-state index is 0.767. The predicted molar refractivity (Wildman–Crippen MR) is 75.5 cm³/mol. The van der Waals surface area contributed by atoms with Crippen LogP contribution < -0.4 is 0 Å². The molecule has 0 spiro atoms. The van der Waals surface area contributed by atoms with Crippen LogP contribution in [0, 0.1) is 0 Å². The summed E-state index contributed by atoms with van der Waals surface area (Å²) in [5.74, 6) is 1.31. The Morgan fingerprint density at radius 3 is 1.87 bits per heavy atom. The van der Waals surface area contributed by atoms with E-state index in [1.54, 1.807) is 0 Å². The Morgan fingerprint density at radius 2 is 1.60 bits per heavy atom. The second-order valence-electron chi connectivity index (χ2n) is 3.33. The third kappa shape index (κ3) is 4.98. The Hall–Kier alpha value is -0.0900. The standard InChI is InChI=1S/C11H22N2S2/c1-5-12(6-2)10(9-11(14)15)13(7-3)8-4/h5-9H2,1-4H3/p+1. The Bertz CT molecular complexity index is 227. The van der Waals surface area contributed by atoms with E-state index in [0.29, 0.717) is 0 Å². The highest BCUT2D eigenvalue weighted by atomic mass is 32.1. The second-order valence-corrected chi connectivity index (χ2v) is 4.67. The van der Waals surface area contributed by atoms with Gasteiger partial charge in [0.1, 0.15) is 0 Å². The average Bonchev–Trinajstić information content (AvgIpc) is 2.20. The number of hydrogen-bond acceptors (Lipinski definition) is 1. The highest BCUT2D eigenvalue weighted by Gasteiger charge is 2.19. The maximum absolute atomic E-state index is 5.09. The quantitative estimate of drug-likeness (QED) is 0.253. The van der Waals surface area contributed by atoms with E-state index in [-0.39, 0.29) is 0 Å². The number of thiocarbonyl (C=S) groups is 1. The molecule has 4 heteroatoms. The van der Waals surface area contributed by atoms with Gasteiger partial charge in [-0.3, -0.25) is 9.48 Å². The molecule has 0 aromatic heterocycles. The third-order valence-electron chi connectivity index (χ3n) is 2.57. The van der Waals surface area contributed by atoms with Crippen LogP contribution in [0.5, 0.6) is 0 Å². The minimum Gasteiger partial charge on any atom is -0.266 e. The molecule has 0 aliphatic carbocycles. The highest BCUT2D eigenvalue weighted by molar-refractivity contribution is 8.11. The zero-order valence-corrected chi connectivity index (χ0v) is 12.0. The van der Waals surface area contributed by atoms with Crippen molar-refractivity contribution in [2.24, 2.45) is 0 Å². The Kier molecular flexibility index (Phi) is 8.06. The Balaban J connectivity index is 4.99. The SMILES string of the molecule is CCN(CC)C(CC(=S)S)=[N+](CC)CC. The molecule has 2 nitrogen and oxygen atoms in total. The van der Waals surface area contributed by atoms with Gasteiger partial charge in [0.05, 0.1) is 36.8 Å². The molecule has 0 aromatic carbocycles. The van der Waals surface area contributed by atoms with Crippen LogP contribution in [0.4, 0.5) is 0 Å². The van der Waals surface area contributed by atoms with Crippen LogP contribution in [0.25, 0.3) is 0 Å². The first kappa shape index (κ1) is 14.9. The van der Waals surface area contributed by atoms with E-state index in [0.717, 1.165) is 36.8 Å². The maximum atomic E-state index is 5.09. The summed E-state index contributed by atoms with van der Waals surface area (Å²) < 4.78 is 3.12. The molecule has 0 unspecified atom stereocenters. The minimum absolute atomic E-state index is 0.767. The normalized spacial score (nSPS) is 9.93. The number of nitrogens with zero attached hydrogens (tertiary/aromatic N) is 2. The van der Waals surface area contributed by atoms with Gasteiger partial charge in [0.15, 0.2) is 0 Å². The van der Waals surface area contributed by atoms with Crippen molar-refractivity contribution in [1.29, 1.82) is 0 Å². The molecule has 0 saturated heterocycles. The van der Waals surface area contributed by atoms with Crippen molar-refractivity contribution in [1.82, 2.24) is 4.90 Å². The van der Waals surface area contributed by atoms with Crippen molar-refractivity contribution in [3.8, 4) is 0 Å². The summed E-state index contributed by atoms with van der Waals surface area (Å²) in [6.07, 6.45) is 0.793. The van der Waals surface area contributed by atoms with Crippen LogP contribution in [-0.2, 0) is 0 Å². The lowest BCUT2D eigenvalue weighted by molar-refractivity contribution is -0.526. The van der Waals surface area contributed by atoms with E-state index in [1.807, 2.05) is 0 Å². The molecule has 0 heterocycles. The van der Waals surface area contributed by atoms with Gasteiger partial charge in [-0.05, 0) is 27.7 Å². The van der Waals surface area contributed by atoms with Gasteiger partial charge in [0.25, 0.3) is 5.84 Å². The third-order valence-corrected chi connectivity index (χ3v) is 2.87. The summed E-state index contributed by atoms with van der Waals surface area (Å²) in [6.45, 7) is 12.8. The smallest absolute Gasteiger partial charge is 0.252 e. The van der Waals surface area contributed by atoms with E-state index in [9.17, 15) is 0 Å². The molecular formula is C11H23N2S2+. The van der Waals surface area contributed by atoms with Crippen LogP contribution >= 0.6 is 24.8 Å². The molecule has 0 aromatic rings. The lowest BCUT2D eigenvalue weighted by Gasteiger charge is -2.19. The Labute approximate surface area is 105 Å². The van der Waals surface area contributed by atoms with Gasteiger partial charge in [-0.15, -0.1) is 12.6 Å². The van der Waals surface area contributed by atoms with Crippen molar-refractivity contribution in [3.05, 3.63) is 0 Å². The van der Waals surface area contributed by atoms with Crippen LogP contribution in [0.2, 0.25) is 0 Å². The fraction of sp³-hybridized carbons (Fsp3) is 0.818. The van der Waals surface area contributed by atoms with Gasteiger partial charge in [0, 0.05) is 0 Å². The molecule has 0 aliphatic rings. The molecule has 0 rings (SSSR count). The van der Waals surface area contributed by atoms with Crippen molar-refractivity contribution >= 4 is 34.9 Å². The summed E-state index contributed by atoms with van der Waals surface area (Å²) in [7, 11) is 0. The first-order valence-electron chi connectivity index (χ1n) is 5.68. The fourth-order valence-electron chi connectivity index (χ4n) is 1.74. The van der Waals surface area contributed by atoms with Gasteiger partial charge in [-0.25, -0.2) is 0 Å². The molecular weight excluding hydrogens is 224 g/mol. The van der Waals surface area contributed by atoms with Crippen molar-refractivity contribution in [3.63, 3.8) is 0 Å². The van der Waals surface area contributed by atoms with Crippen LogP contribution in [0.3, 0.4) is 0 Å². The predicted octanol–water partition coefficient (Wildman–Crippen LogP) is 2.43. The van der Waals surface area contributed by atoms with Gasteiger partial charge >= 0.3 is 0 Å².